The van der Waals surface area contributed by atoms with Gasteiger partial charge < -0.3 is 0 Å². The molecule has 0 aliphatic carbocycles. The highest BCUT2D eigenvalue weighted by atomic mass is 79.9. The van der Waals surface area contributed by atoms with Gasteiger partial charge in [-0.2, -0.15) is 13.2 Å². The van der Waals surface area contributed by atoms with E-state index in [2.05, 4.69) is 15.9 Å². The van der Waals surface area contributed by atoms with Crippen molar-refractivity contribution in [1.29, 1.82) is 0 Å². The fourth-order valence-electron chi connectivity index (χ4n) is 1.39. The van der Waals surface area contributed by atoms with Gasteiger partial charge in [0.15, 0.2) is 0 Å². The Kier molecular flexibility index (Phi) is 4.48. The van der Waals surface area contributed by atoms with Crippen LogP contribution >= 0.6 is 39.3 Å². The number of alkyl halides is 3. The predicted molar refractivity (Wildman–Crippen MR) is 74.7 cm³/mol. The van der Waals surface area contributed by atoms with Gasteiger partial charge >= 0.3 is 6.18 Å². The van der Waals surface area contributed by atoms with Crippen LogP contribution in [0, 0.1) is 0 Å². The van der Waals surface area contributed by atoms with Crippen LogP contribution in [0.5, 0.6) is 0 Å². The van der Waals surface area contributed by atoms with E-state index in [0.717, 1.165) is 21.9 Å². The summed E-state index contributed by atoms with van der Waals surface area (Å²) in [7, 11) is 0. The molecular formula is C13H7BrClF3S. The fourth-order valence-corrected chi connectivity index (χ4v) is 2.96. The van der Waals surface area contributed by atoms with Crippen LogP contribution in [0.4, 0.5) is 13.2 Å². The molecule has 0 aromatic heterocycles. The van der Waals surface area contributed by atoms with Crippen molar-refractivity contribution in [1.82, 2.24) is 0 Å². The molecule has 0 radical (unpaired) electrons. The van der Waals surface area contributed by atoms with Crippen molar-refractivity contribution >= 4 is 39.3 Å². The number of hydrogen-bond acceptors (Lipinski definition) is 1. The number of halogens is 5. The lowest BCUT2D eigenvalue weighted by atomic mass is 10.2. The van der Waals surface area contributed by atoms with E-state index < -0.39 is 11.7 Å². The molecule has 0 unspecified atom stereocenters. The summed E-state index contributed by atoms with van der Waals surface area (Å²) in [4.78, 5) is 1.63. The van der Waals surface area contributed by atoms with Gasteiger partial charge in [0.2, 0.25) is 0 Å². The van der Waals surface area contributed by atoms with Crippen molar-refractivity contribution in [3.63, 3.8) is 0 Å². The molecule has 0 fully saturated rings. The normalized spacial score (nSPS) is 11.6. The molecule has 6 heteroatoms. The Labute approximate surface area is 126 Å². The molecule has 0 atom stereocenters. The maximum absolute atomic E-state index is 12.5. The molecule has 0 nitrogen and oxygen atoms in total. The molecule has 0 N–H and O–H groups in total. The van der Waals surface area contributed by atoms with Crippen molar-refractivity contribution in [2.45, 2.75) is 16.0 Å². The summed E-state index contributed by atoms with van der Waals surface area (Å²) in [6.07, 6.45) is -4.33. The quantitative estimate of drug-likeness (QED) is 0.602. The van der Waals surface area contributed by atoms with E-state index >= 15 is 0 Å². The van der Waals surface area contributed by atoms with Crippen molar-refractivity contribution in [2.24, 2.45) is 0 Å². The Balaban J connectivity index is 2.24. The smallest absolute Gasteiger partial charge is 0.166 e. The van der Waals surface area contributed by atoms with Crippen molar-refractivity contribution in [3.05, 3.63) is 57.5 Å². The van der Waals surface area contributed by atoms with Gasteiger partial charge in [0.05, 0.1) is 5.56 Å². The standard InChI is InChI=1S/C13H7BrClF3S/c14-11-7-8(13(16,17)18)1-6-12(11)19-10-4-2-9(15)3-5-10/h1-7H. The summed E-state index contributed by atoms with van der Waals surface area (Å²) in [6.45, 7) is 0. The molecular weight excluding hydrogens is 361 g/mol. The van der Waals surface area contributed by atoms with Crippen LogP contribution in [0.1, 0.15) is 5.56 Å². The van der Waals surface area contributed by atoms with Gasteiger partial charge in [-0.15, -0.1) is 0 Å². The largest absolute Gasteiger partial charge is 0.416 e. The van der Waals surface area contributed by atoms with Crippen LogP contribution in [0.3, 0.4) is 0 Å². The SMILES string of the molecule is FC(F)(F)c1ccc(Sc2ccc(Cl)cc2)c(Br)c1. The molecule has 0 bridgehead atoms. The van der Waals surface area contributed by atoms with Crippen LogP contribution < -0.4 is 0 Å². The lowest BCUT2D eigenvalue weighted by Crippen LogP contribution is -2.04. The van der Waals surface area contributed by atoms with E-state index in [1.165, 1.54) is 17.8 Å². The molecule has 2 aromatic carbocycles. The van der Waals surface area contributed by atoms with Crippen LogP contribution in [-0.4, -0.2) is 0 Å². The third-order valence-electron chi connectivity index (χ3n) is 2.30. The average molecular weight is 368 g/mol. The van der Waals surface area contributed by atoms with Gasteiger partial charge in [-0.25, -0.2) is 0 Å². The van der Waals surface area contributed by atoms with E-state index in [4.69, 9.17) is 11.6 Å². The molecule has 0 heterocycles. The second kappa shape index (κ2) is 5.77. The Morgan fingerprint density at radius 3 is 2.16 bits per heavy atom. The Morgan fingerprint density at radius 2 is 1.63 bits per heavy atom. The molecule has 2 rings (SSSR count). The molecule has 0 aliphatic rings. The number of hydrogen-bond donors (Lipinski definition) is 0. The average Bonchev–Trinajstić information content (AvgIpc) is 2.33. The summed E-state index contributed by atoms with van der Waals surface area (Å²) in [6, 6.07) is 10.7. The first-order valence-electron chi connectivity index (χ1n) is 5.16. The minimum absolute atomic E-state index is 0.419. The Hall–Kier alpha value is -0.650. The van der Waals surface area contributed by atoms with E-state index in [1.807, 2.05) is 12.1 Å². The molecule has 0 saturated carbocycles. The highest BCUT2D eigenvalue weighted by Crippen LogP contribution is 2.38. The second-order valence-electron chi connectivity index (χ2n) is 3.70. The van der Waals surface area contributed by atoms with Crippen LogP contribution in [0.15, 0.2) is 56.7 Å². The number of rotatable bonds is 2. The zero-order chi connectivity index (χ0) is 14.0. The molecule has 19 heavy (non-hydrogen) atoms. The summed E-state index contributed by atoms with van der Waals surface area (Å²) in [5.74, 6) is 0. The molecule has 0 saturated heterocycles. The maximum Gasteiger partial charge on any atom is 0.416 e. The first-order valence-corrected chi connectivity index (χ1v) is 7.15. The topological polar surface area (TPSA) is 0 Å². The van der Waals surface area contributed by atoms with E-state index in [1.54, 1.807) is 12.1 Å². The van der Waals surface area contributed by atoms with Gasteiger partial charge in [0.1, 0.15) is 0 Å². The van der Waals surface area contributed by atoms with Gasteiger partial charge in [-0.1, -0.05) is 23.4 Å². The monoisotopic (exact) mass is 366 g/mol. The van der Waals surface area contributed by atoms with E-state index in [9.17, 15) is 13.2 Å². The highest BCUT2D eigenvalue weighted by Gasteiger charge is 2.30. The Morgan fingerprint density at radius 1 is 1.00 bits per heavy atom. The minimum Gasteiger partial charge on any atom is -0.166 e. The minimum atomic E-state index is -4.33. The van der Waals surface area contributed by atoms with E-state index in [-0.39, 0.29) is 0 Å². The molecule has 0 amide bonds. The Bertz CT molecular complexity index is 581. The van der Waals surface area contributed by atoms with Gasteiger partial charge in [-0.3, -0.25) is 0 Å². The van der Waals surface area contributed by atoms with Crippen molar-refractivity contribution in [3.8, 4) is 0 Å². The lowest BCUT2D eigenvalue weighted by Gasteiger charge is -2.10. The van der Waals surface area contributed by atoms with Gasteiger partial charge in [0, 0.05) is 19.3 Å². The summed E-state index contributed by atoms with van der Waals surface area (Å²) in [5, 5.41) is 0.621. The molecule has 0 aliphatic heterocycles. The zero-order valence-electron chi connectivity index (χ0n) is 9.34. The van der Waals surface area contributed by atoms with Crippen LogP contribution in [-0.2, 0) is 6.18 Å². The first kappa shape index (κ1) is 14.8. The van der Waals surface area contributed by atoms with Crippen molar-refractivity contribution < 1.29 is 13.2 Å². The molecule has 2 aromatic rings. The summed E-state index contributed by atoms with van der Waals surface area (Å²) >= 11 is 10.3. The van der Waals surface area contributed by atoms with Crippen molar-refractivity contribution in [2.75, 3.05) is 0 Å². The van der Waals surface area contributed by atoms with Gasteiger partial charge in [0.25, 0.3) is 0 Å². The van der Waals surface area contributed by atoms with Gasteiger partial charge in [-0.05, 0) is 58.4 Å². The first-order chi connectivity index (χ1) is 8.86. The summed E-state index contributed by atoms with van der Waals surface area (Å²) < 4.78 is 38.0. The van der Waals surface area contributed by atoms with Crippen LogP contribution in [0.2, 0.25) is 5.02 Å². The molecule has 100 valence electrons. The maximum atomic E-state index is 12.5. The van der Waals surface area contributed by atoms with E-state index in [0.29, 0.717) is 9.50 Å². The third kappa shape index (κ3) is 3.91. The lowest BCUT2D eigenvalue weighted by molar-refractivity contribution is -0.137. The molecule has 0 spiro atoms. The number of benzene rings is 2. The second-order valence-corrected chi connectivity index (χ2v) is 6.11. The predicted octanol–water partition coefficient (Wildman–Crippen LogP) is 6.27. The van der Waals surface area contributed by atoms with Crippen LogP contribution in [0.25, 0.3) is 0 Å². The third-order valence-corrected chi connectivity index (χ3v) is 4.55. The fraction of sp³-hybridized carbons (Fsp3) is 0.0769. The highest BCUT2D eigenvalue weighted by molar-refractivity contribution is 9.10. The summed E-state index contributed by atoms with van der Waals surface area (Å²) in [5.41, 5.74) is -0.667. The zero-order valence-corrected chi connectivity index (χ0v) is 12.5.